The summed E-state index contributed by atoms with van der Waals surface area (Å²) in [5.74, 6) is 1.64. The molecule has 2 rings (SSSR count). The Bertz CT molecular complexity index is 587. The number of hydrogen-bond donors (Lipinski definition) is 2. The van der Waals surface area contributed by atoms with Gasteiger partial charge in [0.1, 0.15) is 11.5 Å². The smallest absolute Gasteiger partial charge is 0.142 e. The van der Waals surface area contributed by atoms with Gasteiger partial charge in [-0.1, -0.05) is 37.3 Å². The van der Waals surface area contributed by atoms with Gasteiger partial charge in [0, 0.05) is 25.2 Å². The van der Waals surface area contributed by atoms with Crippen molar-refractivity contribution >= 4 is 5.69 Å². The zero-order valence-electron chi connectivity index (χ0n) is 14.1. The van der Waals surface area contributed by atoms with E-state index in [1.165, 1.54) is 5.56 Å². The molecule has 0 heterocycles. The van der Waals surface area contributed by atoms with Crippen LogP contribution in [0.25, 0.3) is 0 Å². The molecular formula is C19H26N2O2. The maximum atomic E-state index is 5.38. The molecule has 0 saturated heterocycles. The monoisotopic (exact) mass is 314 g/mol. The molecule has 0 bridgehead atoms. The summed E-state index contributed by atoms with van der Waals surface area (Å²) in [5.41, 5.74) is 2.27. The first kappa shape index (κ1) is 17.2. The number of anilines is 1. The van der Waals surface area contributed by atoms with Crippen molar-refractivity contribution < 1.29 is 9.47 Å². The fraction of sp³-hybridized carbons (Fsp3) is 0.368. The number of hydrogen-bond acceptors (Lipinski definition) is 4. The van der Waals surface area contributed by atoms with Gasteiger partial charge in [0.15, 0.2) is 0 Å². The lowest BCUT2D eigenvalue weighted by Gasteiger charge is -2.18. The third-order valence-corrected chi connectivity index (χ3v) is 3.85. The van der Waals surface area contributed by atoms with Crippen LogP contribution >= 0.6 is 0 Å². The molecule has 4 nitrogen and oxygen atoms in total. The summed E-state index contributed by atoms with van der Waals surface area (Å²) < 4.78 is 10.6. The fourth-order valence-electron chi connectivity index (χ4n) is 2.58. The Hall–Kier alpha value is -2.20. The first-order valence-electron chi connectivity index (χ1n) is 8.02. The molecular weight excluding hydrogens is 288 g/mol. The van der Waals surface area contributed by atoms with Gasteiger partial charge in [-0.25, -0.2) is 0 Å². The summed E-state index contributed by atoms with van der Waals surface area (Å²) in [6, 6.07) is 16.7. The minimum absolute atomic E-state index is 0.380. The summed E-state index contributed by atoms with van der Waals surface area (Å²) in [4.78, 5) is 0. The van der Waals surface area contributed by atoms with Crippen LogP contribution in [0.15, 0.2) is 48.5 Å². The van der Waals surface area contributed by atoms with E-state index in [1.54, 1.807) is 14.2 Å². The summed E-state index contributed by atoms with van der Waals surface area (Å²) in [7, 11) is 3.34. The fourth-order valence-corrected chi connectivity index (χ4v) is 2.58. The lowest BCUT2D eigenvalue weighted by molar-refractivity contribution is 0.404. The summed E-state index contributed by atoms with van der Waals surface area (Å²) in [6.45, 7) is 3.88. The number of benzene rings is 2. The zero-order valence-corrected chi connectivity index (χ0v) is 14.1. The van der Waals surface area contributed by atoms with Crippen LogP contribution < -0.4 is 20.1 Å². The minimum atomic E-state index is 0.380. The van der Waals surface area contributed by atoms with Crippen LogP contribution in [-0.4, -0.2) is 27.3 Å². The second-order valence-electron chi connectivity index (χ2n) is 5.32. The highest BCUT2D eigenvalue weighted by Gasteiger charge is 2.08. The molecule has 0 aliphatic rings. The Labute approximate surface area is 138 Å². The standard InChI is InChI=1S/C19H26N2O2/c1-4-17(15-8-6-5-7-9-15)20-12-13-21-18-14-16(22-2)10-11-19(18)23-3/h5-11,14,17,20-21H,4,12-13H2,1-3H3. The Kier molecular flexibility index (Phi) is 6.76. The Morgan fingerprint density at radius 3 is 2.39 bits per heavy atom. The second-order valence-corrected chi connectivity index (χ2v) is 5.32. The third kappa shape index (κ3) is 4.89. The van der Waals surface area contributed by atoms with Crippen LogP contribution in [-0.2, 0) is 0 Å². The highest BCUT2D eigenvalue weighted by Crippen LogP contribution is 2.28. The van der Waals surface area contributed by atoms with Gasteiger partial charge >= 0.3 is 0 Å². The average molecular weight is 314 g/mol. The summed E-state index contributed by atoms with van der Waals surface area (Å²) in [5, 5.41) is 6.99. The van der Waals surface area contributed by atoms with Crippen molar-refractivity contribution in [2.45, 2.75) is 19.4 Å². The van der Waals surface area contributed by atoms with Crippen molar-refractivity contribution in [1.82, 2.24) is 5.32 Å². The predicted octanol–water partition coefficient (Wildman–Crippen LogP) is 3.86. The van der Waals surface area contributed by atoms with Gasteiger partial charge in [0.25, 0.3) is 0 Å². The number of methoxy groups -OCH3 is 2. The predicted molar refractivity (Wildman–Crippen MR) is 95.5 cm³/mol. The molecule has 0 radical (unpaired) electrons. The lowest BCUT2D eigenvalue weighted by atomic mass is 10.0. The van der Waals surface area contributed by atoms with Crippen LogP contribution in [0, 0.1) is 0 Å². The quantitative estimate of drug-likeness (QED) is 0.690. The Morgan fingerprint density at radius 1 is 0.957 bits per heavy atom. The lowest BCUT2D eigenvalue weighted by Crippen LogP contribution is -2.26. The van der Waals surface area contributed by atoms with E-state index < -0.39 is 0 Å². The normalized spacial score (nSPS) is 11.8. The molecule has 1 atom stereocenters. The molecule has 0 saturated carbocycles. The molecule has 0 aliphatic heterocycles. The third-order valence-electron chi connectivity index (χ3n) is 3.85. The van der Waals surface area contributed by atoms with Crippen molar-refractivity contribution in [2.75, 3.05) is 32.6 Å². The van der Waals surface area contributed by atoms with Gasteiger partial charge in [0.2, 0.25) is 0 Å². The summed E-state index contributed by atoms with van der Waals surface area (Å²) in [6.07, 6.45) is 1.06. The van der Waals surface area contributed by atoms with Crippen LogP contribution in [0.5, 0.6) is 11.5 Å². The van der Waals surface area contributed by atoms with E-state index in [2.05, 4.69) is 41.8 Å². The highest BCUT2D eigenvalue weighted by molar-refractivity contribution is 5.59. The van der Waals surface area contributed by atoms with Gasteiger partial charge in [-0.3, -0.25) is 0 Å². The maximum absolute atomic E-state index is 5.38. The summed E-state index contributed by atoms with van der Waals surface area (Å²) >= 11 is 0. The van der Waals surface area contributed by atoms with E-state index in [1.807, 2.05) is 24.3 Å². The van der Waals surface area contributed by atoms with Gasteiger partial charge in [-0.2, -0.15) is 0 Å². The van der Waals surface area contributed by atoms with E-state index in [4.69, 9.17) is 9.47 Å². The van der Waals surface area contributed by atoms with Crippen molar-refractivity contribution in [3.63, 3.8) is 0 Å². The first-order chi connectivity index (χ1) is 11.3. The highest BCUT2D eigenvalue weighted by atomic mass is 16.5. The van der Waals surface area contributed by atoms with Crippen LogP contribution in [0.1, 0.15) is 24.9 Å². The van der Waals surface area contributed by atoms with Crippen LogP contribution in [0.3, 0.4) is 0 Å². The van der Waals surface area contributed by atoms with Crippen LogP contribution in [0.2, 0.25) is 0 Å². The molecule has 124 valence electrons. The van der Waals surface area contributed by atoms with Gasteiger partial charge in [0.05, 0.1) is 19.9 Å². The molecule has 23 heavy (non-hydrogen) atoms. The molecule has 0 aliphatic carbocycles. The molecule has 1 unspecified atom stereocenters. The molecule has 0 fully saturated rings. The molecule has 2 aromatic carbocycles. The largest absolute Gasteiger partial charge is 0.497 e. The Balaban J connectivity index is 1.87. The molecule has 0 spiro atoms. The van der Waals surface area contributed by atoms with E-state index in [0.29, 0.717) is 6.04 Å². The van der Waals surface area contributed by atoms with Gasteiger partial charge < -0.3 is 20.1 Å². The van der Waals surface area contributed by atoms with Crippen molar-refractivity contribution in [3.8, 4) is 11.5 Å². The van der Waals surface area contributed by atoms with E-state index >= 15 is 0 Å². The zero-order chi connectivity index (χ0) is 16.5. The Morgan fingerprint density at radius 2 is 1.74 bits per heavy atom. The van der Waals surface area contributed by atoms with Gasteiger partial charge in [-0.05, 0) is 24.1 Å². The average Bonchev–Trinajstić information content (AvgIpc) is 2.62. The molecule has 2 N–H and O–H groups in total. The van der Waals surface area contributed by atoms with E-state index in [-0.39, 0.29) is 0 Å². The maximum Gasteiger partial charge on any atom is 0.142 e. The SMILES string of the molecule is CCC(NCCNc1cc(OC)ccc1OC)c1ccccc1. The molecule has 0 aromatic heterocycles. The second kappa shape index (κ2) is 9.06. The molecule has 0 amide bonds. The molecule has 2 aromatic rings. The minimum Gasteiger partial charge on any atom is -0.497 e. The van der Waals surface area contributed by atoms with Crippen molar-refractivity contribution in [1.29, 1.82) is 0 Å². The molecule has 4 heteroatoms. The number of rotatable bonds is 9. The van der Waals surface area contributed by atoms with Crippen LogP contribution in [0.4, 0.5) is 5.69 Å². The van der Waals surface area contributed by atoms with Gasteiger partial charge in [-0.15, -0.1) is 0 Å². The van der Waals surface area contributed by atoms with Crippen molar-refractivity contribution in [2.24, 2.45) is 0 Å². The number of ether oxygens (including phenoxy) is 2. The van der Waals surface area contributed by atoms with E-state index in [0.717, 1.165) is 36.7 Å². The van der Waals surface area contributed by atoms with E-state index in [9.17, 15) is 0 Å². The van der Waals surface area contributed by atoms with Crippen molar-refractivity contribution in [3.05, 3.63) is 54.1 Å². The first-order valence-corrected chi connectivity index (χ1v) is 8.02. The number of nitrogens with one attached hydrogen (secondary N) is 2. The topological polar surface area (TPSA) is 42.5 Å².